The van der Waals surface area contributed by atoms with Crippen molar-refractivity contribution >= 4 is 11.7 Å². The highest BCUT2D eigenvalue weighted by molar-refractivity contribution is 5.94. The van der Waals surface area contributed by atoms with Gasteiger partial charge in [0.2, 0.25) is 0 Å². The second kappa shape index (κ2) is 6.05. The number of methoxy groups -OCH3 is 1. The molecule has 0 spiro atoms. The predicted molar refractivity (Wildman–Crippen MR) is 67.2 cm³/mol. The zero-order valence-corrected chi connectivity index (χ0v) is 11.0. The smallest absolute Gasteiger partial charge is 0.259 e. The number of ketones is 1. The van der Waals surface area contributed by atoms with E-state index in [1.165, 1.54) is 18.9 Å². The fraction of sp³-hybridized carbons (Fsp3) is 0.385. The van der Waals surface area contributed by atoms with Crippen LogP contribution in [-0.4, -0.2) is 44.4 Å². The highest BCUT2D eigenvalue weighted by Gasteiger charge is 2.11. The Labute approximate surface area is 106 Å². The number of likely N-dealkylation sites (N-methyl/N-ethyl adjacent to an activating group) is 1. The Morgan fingerprint density at radius 3 is 2.39 bits per heavy atom. The first-order chi connectivity index (χ1) is 8.45. The standard InChI is InChI=1S/C13H17NO4/c1-9(15)10-5-6-11(12(7-10)17-4)18-8-13(16)14(2)3/h5-7H,8H2,1-4H3. The molecule has 0 aromatic heterocycles. The van der Waals surface area contributed by atoms with E-state index in [1.54, 1.807) is 32.3 Å². The van der Waals surface area contributed by atoms with Gasteiger partial charge in [0.25, 0.3) is 5.91 Å². The number of rotatable bonds is 5. The molecule has 0 radical (unpaired) electrons. The lowest BCUT2D eigenvalue weighted by atomic mass is 10.1. The molecule has 0 heterocycles. The topological polar surface area (TPSA) is 55.8 Å². The predicted octanol–water partition coefficient (Wildman–Crippen LogP) is 1.36. The fourth-order valence-electron chi connectivity index (χ4n) is 1.27. The van der Waals surface area contributed by atoms with Crippen molar-refractivity contribution in [3.8, 4) is 11.5 Å². The molecule has 5 heteroatoms. The number of carbonyl (C=O) groups excluding carboxylic acids is 2. The molecule has 0 aliphatic rings. The molecule has 0 aliphatic heterocycles. The minimum atomic E-state index is -0.146. The van der Waals surface area contributed by atoms with Crippen LogP contribution >= 0.6 is 0 Å². The lowest BCUT2D eigenvalue weighted by Gasteiger charge is -2.13. The summed E-state index contributed by atoms with van der Waals surface area (Å²) in [7, 11) is 4.80. The van der Waals surface area contributed by atoms with Gasteiger partial charge < -0.3 is 14.4 Å². The van der Waals surface area contributed by atoms with E-state index < -0.39 is 0 Å². The molecule has 18 heavy (non-hydrogen) atoms. The van der Waals surface area contributed by atoms with Crippen molar-refractivity contribution in [3.63, 3.8) is 0 Å². The summed E-state index contributed by atoms with van der Waals surface area (Å²) in [5.74, 6) is 0.684. The molecule has 0 bridgehead atoms. The fourth-order valence-corrected chi connectivity index (χ4v) is 1.27. The van der Waals surface area contributed by atoms with Crippen molar-refractivity contribution < 1.29 is 19.1 Å². The number of benzene rings is 1. The van der Waals surface area contributed by atoms with Crippen LogP contribution in [0.25, 0.3) is 0 Å². The normalized spacial score (nSPS) is 9.78. The van der Waals surface area contributed by atoms with Gasteiger partial charge in [0.1, 0.15) is 0 Å². The minimum absolute atomic E-state index is 0.0517. The van der Waals surface area contributed by atoms with Gasteiger partial charge in [0.15, 0.2) is 23.9 Å². The summed E-state index contributed by atoms with van der Waals surface area (Å²) in [4.78, 5) is 24.1. The third-order valence-electron chi connectivity index (χ3n) is 2.42. The zero-order valence-electron chi connectivity index (χ0n) is 11.0. The molecule has 0 saturated heterocycles. The third kappa shape index (κ3) is 3.48. The lowest BCUT2D eigenvalue weighted by Crippen LogP contribution is -2.27. The first-order valence-electron chi connectivity index (χ1n) is 5.47. The molecule has 0 saturated carbocycles. The van der Waals surface area contributed by atoms with E-state index in [0.717, 1.165) is 0 Å². The van der Waals surface area contributed by atoms with E-state index in [1.807, 2.05) is 0 Å². The Kier molecular flexibility index (Phi) is 4.71. The molecule has 0 fully saturated rings. The largest absolute Gasteiger partial charge is 0.493 e. The van der Waals surface area contributed by atoms with E-state index in [0.29, 0.717) is 17.1 Å². The summed E-state index contributed by atoms with van der Waals surface area (Å²) in [6.07, 6.45) is 0. The molecule has 5 nitrogen and oxygen atoms in total. The van der Waals surface area contributed by atoms with Crippen LogP contribution in [-0.2, 0) is 4.79 Å². The van der Waals surface area contributed by atoms with Crippen molar-refractivity contribution in [3.05, 3.63) is 23.8 Å². The Balaban J connectivity index is 2.83. The van der Waals surface area contributed by atoms with Crippen molar-refractivity contribution in [1.82, 2.24) is 4.90 Å². The number of Topliss-reactive ketones (excluding diaryl/α,β-unsaturated/α-hetero) is 1. The highest BCUT2D eigenvalue weighted by Crippen LogP contribution is 2.28. The molecule has 1 amide bonds. The van der Waals surface area contributed by atoms with Gasteiger partial charge in [0, 0.05) is 19.7 Å². The Morgan fingerprint density at radius 1 is 1.22 bits per heavy atom. The van der Waals surface area contributed by atoms with Crippen LogP contribution in [0.15, 0.2) is 18.2 Å². The van der Waals surface area contributed by atoms with Crippen LogP contribution < -0.4 is 9.47 Å². The molecule has 0 unspecified atom stereocenters. The van der Waals surface area contributed by atoms with Crippen molar-refractivity contribution in [1.29, 1.82) is 0 Å². The monoisotopic (exact) mass is 251 g/mol. The number of hydrogen-bond acceptors (Lipinski definition) is 4. The van der Waals surface area contributed by atoms with Crippen LogP contribution in [0.3, 0.4) is 0 Å². The summed E-state index contributed by atoms with van der Waals surface area (Å²) < 4.78 is 10.5. The van der Waals surface area contributed by atoms with Crippen LogP contribution in [0, 0.1) is 0 Å². The molecular formula is C13H17NO4. The number of nitrogens with zero attached hydrogens (tertiary/aromatic N) is 1. The molecule has 0 aliphatic carbocycles. The minimum Gasteiger partial charge on any atom is -0.493 e. The maximum Gasteiger partial charge on any atom is 0.259 e. The number of hydrogen-bond donors (Lipinski definition) is 0. The zero-order chi connectivity index (χ0) is 13.7. The van der Waals surface area contributed by atoms with E-state index in [2.05, 4.69) is 0 Å². The Bertz CT molecular complexity index is 454. The van der Waals surface area contributed by atoms with E-state index in [4.69, 9.17) is 9.47 Å². The molecule has 98 valence electrons. The maximum absolute atomic E-state index is 11.4. The molecule has 0 atom stereocenters. The molecular weight excluding hydrogens is 234 g/mol. The second-order valence-corrected chi connectivity index (χ2v) is 4.00. The van der Waals surface area contributed by atoms with Crippen molar-refractivity contribution in [2.45, 2.75) is 6.92 Å². The first kappa shape index (κ1) is 14.0. The second-order valence-electron chi connectivity index (χ2n) is 4.00. The molecule has 1 aromatic carbocycles. The summed E-state index contributed by atoms with van der Waals surface area (Å²) in [5, 5.41) is 0. The van der Waals surface area contributed by atoms with Gasteiger partial charge in [-0.3, -0.25) is 9.59 Å². The van der Waals surface area contributed by atoms with Gasteiger partial charge in [-0.25, -0.2) is 0 Å². The number of amides is 1. The molecule has 1 aromatic rings. The van der Waals surface area contributed by atoms with Gasteiger partial charge in [0.05, 0.1) is 7.11 Å². The molecule has 1 rings (SSSR count). The van der Waals surface area contributed by atoms with Crippen molar-refractivity contribution in [2.24, 2.45) is 0 Å². The molecule has 0 N–H and O–H groups in total. The average Bonchev–Trinajstić information content (AvgIpc) is 2.35. The van der Waals surface area contributed by atoms with Crippen LogP contribution in [0.1, 0.15) is 17.3 Å². The van der Waals surface area contributed by atoms with E-state index in [9.17, 15) is 9.59 Å². The van der Waals surface area contributed by atoms with E-state index in [-0.39, 0.29) is 18.3 Å². The summed E-state index contributed by atoms with van der Waals surface area (Å²) >= 11 is 0. The summed E-state index contributed by atoms with van der Waals surface area (Å²) in [5.41, 5.74) is 0.540. The van der Waals surface area contributed by atoms with Gasteiger partial charge >= 0.3 is 0 Å². The lowest BCUT2D eigenvalue weighted by molar-refractivity contribution is -0.130. The van der Waals surface area contributed by atoms with Crippen LogP contribution in [0.5, 0.6) is 11.5 Å². The SMILES string of the molecule is COc1cc(C(C)=O)ccc1OCC(=O)N(C)C. The highest BCUT2D eigenvalue weighted by atomic mass is 16.5. The summed E-state index contributed by atoms with van der Waals surface area (Å²) in [6.45, 7) is 1.41. The van der Waals surface area contributed by atoms with Crippen LogP contribution in [0.4, 0.5) is 0 Å². The average molecular weight is 251 g/mol. The number of carbonyl (C=O) groups is 2. The summed E-state index contributed by atoms with van der Waals surface area (Å²) in [6, 6.07) is 4.86. The maximum atomic E-state index is 11.4. The van der Waals surface area contributed by atoms with Gasteiger partial charge in [-0.2, -0.15) is 0 Å². The Hall–Kier alpha value is -2.04. The van der Waals surface area contributed by atoms with Gasteiger partial charge in [-0.1, -0.05) is 0 Å². The first-order valence-corrected chi connectivity index (χ1v) is 5.47. The van der Waals surface area contributed by atoms with Gasteiger partial charge in [-0.05, 0) is 25.1 Å². The van der Waals surface area contributed by atoms with E-state index >= 15 is 0 Å². The number of ether oxygens (including phenoxy) is 2. The quantitative estimate of drug-likeness (QED) is 0.741. The van der Waals surface area contributed by atoms with Gasteiger partial charge in [-0.15, -0.1) is 0 Å². The third-order valence-corrected chi connectivity index (χ3v) is 2.42. The van der Waals surface area contributed by atoms with Crippen LogP contribution in [0.2, 0.25) is 0 Å². The van der Waals surface area contributed by atoms with Crippen molar-refractivity contribution in [2.75, 3.05) is 27.8 Å². The Morgan fingerprint density at radius 2 is 1.89 bits per heavy atom.